The van der Waals surface area contributed by atoms with Crippen molar-refractivity contribution in [2.75, 3.05) is 20.4 Å². The number of aliphatic hydroxyl groups is 1. The zero-order valence-electron chi connectivity index (χ0n) is 25.8. The van der Waals surface area contributed by atoms with Crippen LogP contribution in [-0.2, 0) is 22.5 Å². The Labute approximate surface area is 264 Å². The van der Waals surface area contributed by atoms with Gasteiger partial charge in [0.1, 0.15) is 29.0 Å². The van der Waals surface area contributed by atoms with E-state index in [2.05, 4.69) is 20.0 Å². The molecule has 5 aliphatic rings. The van der Waals surface area contributed by atoms with E-state index in [-0.39, 0.29) is 36.6 Å². The molecule has 0 bridgehead atoms. The summed E-state index contributed by atoms with van der Waals surface area (Å²) in [7, 11) is 1.58. The summed E-state index contributed by atoms with van der Waals surface area (Å²) in [6, 6.07) is 1.76. The highest BCUT2D eigenvalue weighted by Gasteiger charge is 2.47. The van der Waals surface area contributed by atoms with E-state index in [0.29, 0.717) is 58.0 Å². The molecule has 0 saturated heterocycles. The van der Waals surface area contributed by atoms with E-state index in [1.54, 1.807) is 38.6 Å². The number of hydrogen-bond acceptors (Lipinski definition) is 10. The number of hydrogen-bond donors (Lipinski definition) is 3. The zero-order valence-corrected chi connectivity index (χ0v) is 25.8. The molecule has 1 aromatic heterocycles. The number of benzene rings is 1. The smallest absolute Gasteiger partial charge is 0.374 e. The van der Waals surface area contributed by atoms with Crippen LogP contribution in [0.1, 0.15) is 50.7 Å². The Balaban J connectivity index is 1.24. The van der Waals surface area contributed by atoms with Gasteiger partial charge in [-0.05, 0) is 44.3 Å². The summed E-state index contributed by atoms with van der Waals surface area (Å²) in [6.07, 6.45) is 11.1. The van der Waals surface area contributed by atoms with Gasteiger partial charge >= 0.3 is 11.9 Å². The summed E-state index contributed by atoms with van der Waals surface area (Å²) in [5, 5.41) is 31.7. The molecule has 1 aliphatic carbocycles. The van der Waals surface area contributed by atoms with Gasteiger partial charge in [0.25, 0.3) is 5.84 Å². The Morgan fingerprint density at radius 3 is 2.87 bits per heavy atom. The van der Waals surface area contributed by atoms with Crippen molar-refractivity contribution in [2.24, 2.45) is 20.9 Å². The molecule has 46 heavy (non-hydrogen) atoms. The fourth-order valence-electron chi connectivity index (χ4n) is 6.96. The lowest BCUT2D eigenvalue weighted by Crippen LogP contribution is -3.10. The van der Waals surface area contributed by atoms with Crippen LogP contribution in [0.5, 0.6) is 17.2 Å². The first-order valence-electron chi connectivity index (χ1n) is 15.5. The fourth-order valence-corrected chi connectivity index (χ4v) is 6.96. The van der Waals surface area contributed by atoms with Crippen LogP contribution in [0.15, 0.2) is 51.3 Å². The maximum atomic E-state index is 12.9. The molecule has 5 heterocycles. The Morgan fingerprint density at radius 1 is 1.30 bits per heavy atom. The molecule has 3 atom stereocenters. The van der Waals surface area contributed by atoms with Crippen molar-refractivity contribution < 1.29 is 38.9 Å². The topological polar surface area (TPSA) is 180 Å². The highest BCUT2D eigenvalue weighted by Crippen LogP contribution is 2.51. The van der Waals surface area contributed by atoms with Gasteiger partial charge in [-0.2, -0.15) is 9.98 Å². The third-order valence-electron chi connectivity index (χ3n) is 9.30. The van der Waals surface area contributed by atoms with Crippen molar-refractivity contribution in [3.8, 4) is 17.2 Å². The highest BCUT2D eigenvalue weighted by molar-refractivity contribution is 6.66. The second kappa shape index (κ2) is 11.5. The minimum atomic E-state index is -1.02. The molecule has 240 valence electrons. The second-order valence-electron chi connectivity index (χ2n) is 12.0. The molecule has 0 spiro atoms. The minimum absolute atomic E-state index is 0.0153. The number of quaternary nitrogens is 1. The summed E-state index contributed by atoms with van der Waals surface area (Å²) < 4.78 is 25.6. The van der Waals surface area contributed by atoms with Crippen molar-refractivity contribution >= 4 is 40.9 Å². The molecule has 7 rings (SSSR count). The van der Waals surface area contributed by atoms with Gasteiger partial charge in [-0.25, -0.2) is 19.7 Å². The number of aromatic nitrogens is 2. The second-order valence-corrected chi connectivity index (χ2v) is 12.0. The molecular weight excluding hydrogens is 594 g/mol. The molecule has 4 aliphatic heterocycles. The third kappa shape index (κ3) is 4.97. The average molecular weight is 630 g/mol. The van der Waals surface area contributed by atoms with E-state index in [1.165, 1.54) is 0 Å². The highest BCUT2D eigenvalue weighted by atomic mass is 16.6. The summed E-state index contributed by atoms with van der Waals surface area (Å²) in [5.41, 5.74) is 1.25. The Hall–Kier alpha value is -4.82. The van der Waals surface area contributed by atoms with Gasteiger partial charge in [0.05, 0.1) is 25.5 Å². The average Bonchev–Trinajstić information content (AvgIpc) is 3.85. The summed E-state index contributed by atoms with van der Waals surface area (Å²) >= 11 is 0. The van der Waals surface area contributed by atoms with E-state index in [0.717, 1.165) is 31.2 Å². The van der Waals surface area contributed by atoms with Crippen LogP contribution in [-0.4, -0.2) is 76.1 Å². The number of nitrogens with one attached hydrogen (secondary N) is 2. The number of guanidine groups is 1. The largest absolute Gasteiger partial charge is 0.857 e. The van der Waals surface area contributed by atoms with Gasteiger partial charge in [-0.3, -0.25) is 9.98 Å². The van der Waals surface area contributed by atoms with Crippen molar-refractivity contribution in [3.05, 3.63) is 47.5 Å². The van der Waals surface area contributed by atoms with Crippen molar-refractivity contribution in [2.45, 2.75) is 64.2 Å². The van der Waals surface area contributed by atoms with Gasteiger partial charge < -0.3 is 29.2 Å². The maximum absolute atomic E-state index is 12.9. The van der Waals surface area contributed by atoms with E-state index in [4.69, 9.17) is 24.4 Å². The number of aliphatic imine (C=N–C) groups is 3. The number of esters is 1. The Morgan fingerprint density at radius 2 is 2.11 bits per heavy atom. The van der Waals surface area contributed by atoms with E-state index >= 15 is 0 Å². The maximum Gasteiger partial charge on any atom is 0.374 e. The monoisotopic (exact) mass is 629 g/mol. The van der Waals surface area contributed by atoms with Gasteiger partial charge in [0, 0.05) is 36.7 Å². The number of imidazole rings is 1. The molecule has 3 unspecified atom stereocenters. The number of ether oxygens (including phenoxy) is 4. The molecular formula is C32H35N7O7. The summed E-state index contributed by atoms with van der Waals surface area (Å²) in [5.74, 6) is 0.933. The number of rotatable bonds is 8. The number of carbonyl (C=O) groups excluding carboxylic acids is 1. The van der Waals surface area contributed by atoms with Crippen molar-refractivity contribution in [1.29, 1.82) is 5.41 Å². The normalized spacial score (nSPS) is 24.1. The van der Waals surface area contributed by atoms with E-state index in [1.807, 2.05) is 17.6 Å². The number of carbonyl (C=O) groups is 1. The van der Waals surface area contributed by atoms with Gasteiger partial charge in [0.15, 0.2) is 12.4 Å². The molecule has 2 aromatic rings. The first kappa shape index (κ1) is 29.9. The van der Waals surface area contributed by atoms with Gasteiger partial charge in [-0.1, -0.05) is 18.9 Å². The molecule has 1 saturated carbocycles. The molecule has 14 nitrogen and oxygen atoms in total. The van der Waals surface area contributed by atoms with Crippen LogP contribution in [0.2, 0.25) is 0 Å². The fraction of sp³-hybridized carbons (Fsp3) is 0.438. The predicted octanol–water partition coefficient (Wildman–Crippen LogP) is 1.09. The molecule has 0 amide bonds. The van der Waals surface area contributed by atoms with Crippen molar-refractivity contribution in [1.82, 2.24) is 9.55 Å². The van der Waals surface area contributed by atoms with Crippen molar-refractivity contribution in [3.63, 3.8) is 0 Å². The van der Waals surface area contributed by atoms with Crippen LogP contribution < -0.4 is 24.2 Å². The zero-order chi connectivity index (χ0) is 32.2. The molecule has 0 radical (unpaired) electrons. The molecule has 1 fully saturated rings. The van der Waals surface area contributed by atoms with Gasteiger partial charge in [-0.15, -0.1) is 0 Å². The third-order valence-corrected chi connectivity index (χ3v) is 9.30. The van der Waals surface area contributed by atoms with E-state index < -0.39 is 23.6 Å². The van der Waals surface area contributed by atoms with E-state index in [9.17, 15) is 15.0 Å². The Kier molecular flexibility index (Phi) is 7.48. The number of allylic oxidation sites excluding steroid dienone is 3. The molecule has 1 aromatic carbocycles. The summed E-state index contributed by atoms with van der Waals surface area (Å²) in [6.45, 7) is 4.26. The lowest BCUT2D eigenvalue weighted by atomic mass is 9.81. The first-order chi connectivity index (χ1) is 22.2. The quantitative estimate of drug-likeness (QED) is 0.363. The molecule has 3 N–H and O–H groups in total. The lowest BCUT2D eigenvalue weighted by Gasteiger charge is -2.35. The van der Waals surface area contributed by atoms with Crippen LogP contribution in [0.25, 0.3) is 5.57 Å². The first-order valence-corrected chi connectivity index (χ1v) is 15.5. The number of fused-ring (bicyclic) bond motifs is 3. The SMILES string of the molecule is CCOC(=O)C1=CC(=CCn2ccnc2[NH+]2CN=C3C([O-])=NC(=N)N=C32)c2c(cc3c(c2OC)CC(C(C)(O)C2CCCC2)O3)O1. The number of nitrogens with zero attached hydrogens (tertiary/aromatic N) is 5. The molecule has 14 heteroatoms. The predicted molar refractivity (Wildman–Crippen MR) is 165 cm³/mol. The minimum Gasteiger partial charge on any atom is -0.857 e. The van der Waals surface area contributed by atoms with Crippen LogP contribution >= 0.6 is 0 Å². The number of amidine groups is 1. The van der Waals surface area contributed by atoms with Crippen LogP contribution in [0.4, 0.5) is 5.95 Å². The lowest BCUT2D eigenvalue weighted by molar-refractivity contribution is -0.730. The standard InChI is InChI=1S/C32H35N7O7/c1-4-44-29(41)22-13-17(9-11-38-12-10-34-31(38)39-16-35-25-27(39)36-30(33)37-28(25)40)24-21(45-22)15-20-19(26(24)43-3)14-23(46-20)32(2,42)18-7-5-6-8-18/h9-10,12-13,15,18,23,42H,4-8,11,14,16H2,1-3H3,(H2,33,37,40). The Bertz CT molecular complexity index is 1780. The number of methoxy groups -OCH3 is 1. The summed E-state index contributed by atoms with van der Waals surface area (Å²) in [4.78, 5) is 30.1. The van der Waals surface area contributed by atoms with Gasteiger partial charge in [0.2, 0.25) is 11.7 Å². The van der Waals surface area contributed by atoms with Crippen LogP contribution in [0, 0.1) is 11.3 Å². The van der Waals surface area contributed by atoms with Crippen LogP contribution in [0.3, 0.4) is 0 Å².